The quantitative estimate of drug-likeness (QED) is 0.880. The van der Waals surface area contributed by atoms with E-state index >= 15 is 0 Å². The van der Waals surface area contributed by atoms with E-state index in [0.717, 1.165) is 4.31 Å². The maximum absolute atomic E-state index is 12.3. The number of nitrogens with one attached hydrogen (secondary N) is 1. The third-order valence-electron chi connectivity index (χ3n) is 3.30. The summed E-state index contributed by atoms with van der Waals surface area (Å²) in [5, 5.41) is 3.18. The number of carbonyl (C=O) groups is 1. The van der Waals surface area contributed by atoms with Gasteiger partial charge in [-0.05, 0) is 42.5 Å². The van der Waals surface area contributed by atoms with Gasteiger partial charge in [-0.3, -0.25) is 4.79 Å². The Hall–Kier alpha value is -2.09. The van der Waals surface area contributed by atoms with Crippen LogP contribution in [0.2, 0.25) is 5.02 Å². The number of ether oxygens (including phenoxy) is 1. The number of hydrogen-bond donors (Lipinski definition) is 1. The fourth-order valence-electron chi connectivity index (χ4n) is 1.95. The van der Waals surface area contributed by atoms with Crippen molar-refractivity contribution in [3.63, 3.8) is 0 Å². The standard InChI is InChI=1S/C16H17ClN2O4S/c1-19(2)24(21,22)13-8-9-15(23-3)14(10-13)18-16(20)11-4-6-12(17)7-5-11/h4-10H,1-3H3,(H,18,20). The highest BCUT2D eigenvalue weighted by atomic mass is 35.5. The summed E-state index contributed by atoms with van der Waals surface area (Å²) in [5.41, 5.74) is 0.655. The summed E-state index contributed by atoms with van der Waals surface area (Å²) in [5.74, 6) is -0.0422. The third kappa shape index (κ3) is 3.87. The lowest BCUT2D eigenvalue weighted by molar-refractivity contribution is 0.102. The number of sulfonamides is 1. The Morgan fingerprint density at radius 1 is 1.12 bits per heavy atom. The van der Waals surface area contributed by atoms with Gasteiger partial charge in [0.2, 0.25) is 10.0 Å². The fourth-order valence-corrected chi connectivity index (χ4v) is 3.01. The molecule has 0 unspecified atom stereocenters. The van der Waals surface area contributed by atoms with Crippen molar-refractivity contribution in [3.05, 3.63) is 53.1 Å². The largest absolute Gasteiger partial charge is 0.495 e. The summed E-state index contributed by atoms with van der Waals surface area (Å²) in [6.45, 7) is 0. The van der Waals surface area contributed by atoms with Crippen LogP contribution < -0.4 is 10.1 Å². The third-order valence-corrected chi connectivity index (χ3v) is 5.37. The molecule has 0 spiro atoms. The molecule has 0 aliphatic carbocycles. The van der Waals surface area contributed by atoms with E-state index in [9.17, 15) is 13.2 Å². The fraction of sp³-hybridized carbons (Fsp3) is 0.188. The van der Waals surface area contributed by atoms with Crippen molar-refractivity contribution in [3.8, 4) is 5.75 Å². The van der Waals surface area contributed by atoms with Crippen LogP contribution in [0, 0.1) is 0 Å². The summed E-state index contributed by atoms with van der Waals surface area (Å²) in [4.78, 5) is 12.4. The van der Waals surface area contributed by atoms with E-state index < -0.39 is 15.9 Å². The van der Waals surface area contributed by atoms with Gasteiger partial charge in [0, 0.05) is 24.7 Å². The first-order valence-corrected chi connectivity index (χ1v) is 8.75. The van der Waals surface area contributed by atoms with Crippen molar-refractivity contribution in [2.75, 3.05) is 26.5 Å². The zero-order valence-electron chi connectivity index (χ0n) is 13.4. The zero-order valence-corrected chi connectivity index (χ0v) is 15.0. The summed E-state index contributed by atoms with van der Waals surface area (Å²) >= 11 is 5.80. The second kappa shape index (κ2) is 7.21. The maximum atomic E-state index is 12.3. The number of carbonyl (C=O) groups excluding carboxylic acids is 1. The molecule has 0 heterocycles. The van der Waals surface area contributed by atoms with E-state index in [2.05, 4.69) is 5.32 Å². The molecule has 2 aromatic rings. The topological polar surface area (TPSA) is 75.7 Å². The van der Waals surface area contributed by atoms with Gasteiger partial charge in [0.05, 0.1) is 17.7 Å². The van der Waals surface area contributed by atoms with E-state index in [4.69, 9.17) is 16.3 Å². The van der Waals surface area contributed by atoms with E-state index in [-0.39, 0.29) is 10.6 Å². The van der Waals surface area contributed by atoms with E-state index in [1.54, 1.807) is 24.3 Å². The normalized spacial score (nSPS) is 11.4. The Morgan fingerprint density at radius 2 is 1.75 bits per heavy atom. The number of methoxy groups -OCH3 is 1. The Morgan fingerprint density at radius 3 is 2.29 bits per heavy atom. The van der Waals surface area contributed by atoms with E-state index in [0.29, 0.717) is 16.3 Å². The molecule has 8 heteroatoms. The van der Waals surface area contributed by atoms with Crippen LogP contribution in [0.15, 0.2) is 47.4 Å². The lowest BCUT2D eigenvalue weighted by atomic mass is 10.2. The van der Waals surface area contributed by atoms with Gasteiger partial charge >= 0.3 is 0 Å². The van der Waals surface area contributed by atoms with Gasteiger partial charge in [0.1, 0.15) is 5.75 Å². The predicted octanol–water partition coefficient (Wildman–Crippen LogP) is 2.85. The van der Waals surface area contributed by atoms with Gasteiger partial charge in [0.25, 0.3) is 5.91 Å². The summed E-state index contributed by atoms with van der Waals surface area (Å²) in [7, 11) is 0.689. The van der Waals surface area contributed by atoms with Crippen LogP contribution in [0.4, 0.5) is 5.69 Å². The number of amides is 1. The van der Waals surface area contributed by atoms with Crippen LogP contribution in [0.1, 0.15) is 10.4 Å². The number of rotatable bonds is 5. The summed E-state index contributed by atoms with van der Waals surface area (Å²) < 4.78 is 30.8. The molecule has 0 bridgehead atoms. The Bertz CT molecular complexity index is 849. The van der Waals surface area contributed by atoms with Gasteiger partial charge in [-0.1, -0.05) is 11.6 Å². The van der Waals surface area contributed by atoms with E-state index in [1.165, 1.54) is 39.4 Å². The predicted molar refractivity (Wildman–Crippen MR) is 93.3 cm³/mol. The number of hydrogen-bond acceptors (Lipinski definition) is 4. The summed E-state index contributed by atoms with van der Waals surface area (Å²) in [6.07, 6.45) is 0. The van der Waals surface area contributed by atoms with Crippen molar-refractivity contribution in [2.45, 2.75) is 4.90 Å². The molecular formula is C16H17ClN2O4S. The molecule has 0 radical (unpaired) electrons. The number of nitrogens with zero attached hydrogens (tertiary/aromatic N) is 1. The van der Waals surface area contributed by atoms with Gasteiger partial charge < -0.3 is 10.1 Å². The monoisotopic (exact) mass is 368 g/mol. The van der Waals surface area contributed by atoms with Crippen molar-refractivity contribution in [1.29, 1.82) is 0 Å². The maximum Gasteiger partial charge on any atom is 0.255 e. The van der Waals surface area contributed by atoms with Gasteiger partial charge in [-0.25, -0.2) is 12.7 Å². The SMILES string of the molecule is COc1ccc(S(=O)(=O)N(C)C)cc1NC(=O)c1ccc(Cl)cc1. The molecule has 24 heavy (non-hydrogen) atoms. The average Bonchev–Trinajstić information content (AvgIpc) is 2.55. The molecular weight excluding hydrogens is 352 g/mol. The average molecular weight is 369 g/mol. The first-order chi connectivity index (χ1) is 11.3. The highest BCUT2D eigenvalue weighted by Gasteiger charge is 2.20. The first-order valence-electron chi connectivity index (χ1n) is 6.93. The molecule has 1 amide bonds. The highest BCUT2D eigenvalue weighted by molar-refractivity contribution is 7.89. The Kier molecular flexibility index (Phi) is 5.48. The molecule has 1 N–H and O–H groups in total. The molecule has 0 aliphatic heterocycles. The lowest BCUT2D eigenvalue weighted by Gasteiger charge is -2.15. The molecule has 0 saturated heterocycles. The van der Waals surface area contributed by atoms with Crippen LogP contribution in [-0.4, -0.2) is 39.8 Å². The first kappa shape index (κ1) is 18.3. The van der Waals surface area contributed by atoms with Crippen molar-refractivity contribution < 1.29 is 17.9 Å². The van der Waals surface area contributed by atoms with Crippen molar-refractivity contribution in [2.24, 2.45) is 0 Å². The molecule has 128 valence electrons. The van der Waals surface area contributed by atoms with Crippen LogP contribution in [-0.2, 0) is 10.0 Å². The molecule has 2 aromatic carbocycles. The molecule has 0 aliphatic rings. The molecule has 0 fully saturated rings. The van der Waals surface area contributed by atoms with Crippen LogP contribution >= 0.6 is 11.6 Å². The van der Waals surface area contributed by atoms with Crippen LogP contribution in [0.3, 0.4) is 0 Å². The minimum Gasteiger partial charge on any atom is -0.495 e. The summed E-state index contributed by atoms with van der Waals surface area (Å²) in [6, 6.07) is 10.6. The number of halogens is 1. The molecule has 2 rings (SSSR count). The van der Waals surface area contributed by atoms with Crippen molar-refractivity contribution in [1.82, 2.24) is 4.31 Å². The molecule has 0 aromatic heterocycles. The zero-order chi connectivity index (χ0) is 17.9. The van der Waals surface area contributed by atoms with E-state index in [1.807, 2.05) is 0 Å². The minimum absolute atomic E-state index is 0.0553. The second-order valence-electron chi connectivity index (χ2n) is 5.11. The molecule has 0 saturated carbocycles. The van der Waals surface area contributed by atoms with Gasteiger partial charge in [-0.15, -0.1) is 0 Å². The second-order valence-corrected chi connectivity index (χ2v) is 7.70. The minimum atomic E-state index is -3.62. The van der Waals surface area contributed by atoms with Gasteiger partial charge in [-0.2, -0.15) is 0 Å². The Balaban J connectivity index is 2.38. The lowest BCUT2D eigenvalue weighted by Crippen LogP contribution is -2.22. The molecule has 0 atom stereocenters. The van der Waals surface area contributed by atoms with Gasteiger partial charge in [0.15, 0.2) is 0 Å². The number of benzene rings is 2. The highest BCUT2D eigenvalue weighted by Crippen LogP contribution is 2.29. The number of anilines is 1. The smallest absolute Gasteiger partial charge is 0.255 e. The van der Waals surface area contributed by atoms with Crippen molar-refractivity contribution >= 4 is 33.2 Å². The van der Waals surface area contributed by atoms with Crippen LogP contribution in [0.25, 0.3) is 0 Å². The van der Waals surface area contributed by atoms with Crippen LogP contribution in [0.5, 0.6) is 5.75 Å². The Labute approximate surface area is 146 Å². The molecule has 6 nitrogen and oxygen atoms in total.